The molecule has 4 aromatic rings. The molecule has 344 valence electrons. The number of phosphoric ester groups is 3. The number of unbranched alkanes of at least 4 members (excludes halogenated alkanes) is 2. The molecular formula is C34H51N8O16P3S. The molecule has 0 radical (unpaired) electrons. The summed E-state index contributed by atoms with van der Waals surface area (Å²) in [5.41, 5.74) is 6.78. The molecule has 1 aromatic carbocycles. The third kappa shape index (κ3) is 14.1. The first-order valence-corrected chi connectivity index (χ1v) is 24.9. The molecular weight excluding hydrogens is 901 g/mol. The van der Waals surface area contributed by atoms with E-state index in [1.54, 1.807) is 11.8 Å². The van der Waals surface area contributed by atoms with Gasteiger partial charge in [0.25, 0.3) is 0 Å². The maximum absolute atomic E-state index is 12.7. The second-order valence-corrected chi connectivity index (χ2v) is 20.3. The molecule has 1 saturated heterocycles. The van der Waals surface area contributed by atoms with Crippen molar-refractivity contribution in [2.24, 2.45) is 5.41 Å². The number of carbonyl (C=O) groups is 2. The lowest BCUT2D eigenvalue weighted by molar-refractivity contribution is -0.137. The number of nitrogens with two attached hydrogens (primary N) is 1. The quantitative estimate of drug-likeness (QED) is 0.0335. The number of imidazole rings is 1. The number of hydrogen-bond acceptors (Lipinski definition) is 17. The van der Waals surface area contributed by atoms with Gasteiger partial charge in [-0.25, -0.2) is 28.6 Å². The van der Waals surface area contributed by atoms with Crippen LogP contribution in [0.1, 0.15) is 51.3 Å². The van der Waals surface area contributed by atoms with Crippen LogP contribution in [-0.4, -0.2) is 128 Å². The monoisotopic (exact) mass is 952 g/mol. The molecule has 1 fully saturated rings. The standard InChI is InChI=1S/C34H51N8O16P3S/c1-34(2,29(45)32(46)37-12-11-25(43)36-13-15-62-14-7-3-4-8-21-16-38-23-10-6-5-9-22(21)23)18-55-61(52,53)58-60(50,51)54-17-24-28(57-59(47,48)49)27(44)33(56-24)42-20-41-26-30(35)39-19-40-31(26)42/h5-6,9-10,16,19-20,24,27-29,33,38,44-45H,3-4,7-8,11-15,17-18H2,1-2H3,(H,36,43)(H,37,46)(H,50,51)(H,52,53)(H2,35,39,40)(H2,47,48,49)/t24-,27+,28-,29+,33?/m1/s1. The number of H-pyrrole nitrogens is 1. The largest absolute Gasteiger partial charge is 0.481 e. The van der Waals surface area contributed by atoms with Gasteiger partial charge >= 0.3 is 23.5 Å². The van der Waals surface area contributed by atoms with Crippen molar-refractivity contribution in [1.29, 1.82) is 0 Å². The van der Waals surface area contributed by atoms with Crippen LogP contribution >= 0.6 is 35.2 Å². The Morgan fingerprint density at radius 3 is 2.52 bits per heavy atom. The number of aliphatic hydroxyl groups excluding tert-OH is 2. The number of hydrogen-bond donors (Lipinski definition) is 10. The first-order chi connectivity index (χ1) is 29.2. The molecule has 1 aliphatic heterocycles. The SMILES string of the molecule is CC(C)(COP(=O)(O)OP(=O)(O)OC[C@H]1OC(n2cnc3c(N)ncnc32)[C@@H](O)[C@@H]1OP(=O)(O)O)[C@@H](O)C(=O)NCCC(=O)NCCSCCCCCc1c[nH]c2ccccc12. The van der Waals surface area contributed by atoms with Crippen molar-refractivity contribution in [3.05, 3.63) is 48.7 Å². The highest BCUT2D eigenvalue weighted by molar-refractivity contribution is 7.99. The minimum atomic E-state index is -5.56. The number of nitrogens with zero attached hydrogens (tertiary/aromatic N) is 4. The molecule has 7 atom stereocenters. The number of thioether (sulfide) groups is 1. The Labute approximate surface area is 359 Å². The van der Waals surface area contributed by atoms with Crippen LogP contribution in [0.15, 0.2) is 43.1 Å². The average molecular weight is 953 g/mol. The van der Waals surface area contributed by atoms with Crippen LogP contribution in [-0.2, 0) is 52.3 Å². The predicted molar refractivity (Wildman–Crippen MR) is 223 cm³/mol. The Bertz CT molecular complexity index is 2290. The predicted octanol–water partition coefficient (Wildman–Crippen LogP) is 2.03. The summed E-state index contributed by atoms with van der Waals surface area (Å²) in [5, 5.41) is 28.0. The van der Waals surface area contributed by atoms with Gasteiger partial charge < -0.3 is 55.9 Å². The number of aromatic amines is 1. The molecule has 3 aromatic heterocycles. The Balaban J connectivity index is 0.981. The second-order valence-electron chi connectivity index (χ2n) is 14.9. The number of carbonyl (C=O) groups excluding carboxylic acids is 2. The lowest BCUT2D eigenvalue weighted by atomic mass is 9.87. The molecule has 11 N–H and O–H groups in total. The van der Waals surface area contributed by atoms with Crippen molar-refractivity contribution in [2.45, 2.75) is 76.6 Å². The number of nitrogen functional groups attached to an aromatic ring is 1. The number of aromatic nitrogens is 5. The number of aryl methyl sites for hydroxylation is 1. The summed E-state index contributed by atoms with van der Waals surface area (Å²) in [7, 11) is -16.4. The molecule has 0 saturated carbocycles. The summed E-state index contributed by atoms with van der Waals surface area (Å²) in [6.45, 7) is 0.900. The first kappa shape index (κ1) is 49.7. The van der Waals surface area contributed by atoms with Crippen molar-refractivity contribution in [1.82, 2.24) is 35.1 Å². The minimum absolute atomic E-state index is 0.0352. The Morgan fingerprint density at radius 2 is 1.76 bits per heavy atom. The van der Waals surface area contributed by atoms with Crippen LogP contribution in [0.3, 0.4) is 0 Å². The van der Waals surface area contributed by atoms with Gasteiger partial charge in [0, 0.05) is 47.8 Å². The van der Waals surface area contributed by atoms with Gasteiger partial charge in [0.1, 0.15) is 36.3 Å². The van der Waals surface area contributed by atoms with E-state index in [0.717, 1.165) is 59.9 Å². The zero-order chi connectivity index (χ0) is 45.3. The highest BCUT2D eigenvalue weighted by Gasteiger charge is 2.50. The van der Waals surface area contributed by atoms with Gasteiger partial charge in [-0.05, 0) is 36.6 Å². The van der Waals surface area contributed by atoms with Crippen molar-refractivity contribution >= 4 is 74.9 Å². The topological polar surface area (TPSA) is 362 Å². The molecule has 5 rings (SSSR count). The minimum Gasteiger partial charge on any atom is -0.386 e. The fourth-order valence-corrected chi connectivity index (χ4v) is 10.0. The molecule has 4 heterocycles. The van der Waals surface area contributed by atoms with Crippen molar-refractivity contribution < 1.29 is 75.7 Å². The highest BCUT2D eigenvalue weighted by Crippen LogP contribution is 2.61. The van der Waals surface area contributed by atoms with Gasteiger partial charge in [0.05, 0.1) is 19.5 Å². The maximum Gasteiger partial charge on any atom is 0.481 e. The normalized spacial score (nSPS) is 20.8. The number of aliphatic hydroxyl groups is 2. The molecule has 2 amide bonds. The van der Waals surface area contributed by atoms with Crippen LogP contribution in [0.25, 0.3) is 22.1 Å². The van der Waals surface area contributed by atoms with Crippen LogP contribution in [0.2, 0.25) is 0 Å². The first-order valence-electron chi connectivity index (χ1n) is 19.2. The van der Waals surface area contributed by atoms with E-state index in [-0.39, 0.29) is 35.9 Å². The van der Waals surface area contributed by atoms with Crippen LogP contribution < -0.4 is 16.4 Å². The summed E-state index contributed by atoms with van der Waals surface area (Å²) >= 11 is 1.73. The van der Waals surface area contributed by atoms with E-state index in [2.05, 4.69) is 57.7 Å². The number of phosphoric acid groups is 3. The lowest BCUT2D eigenvalue weighted by Gasteiger charge is -2.30. The zero-order valence-electron chi connectivity index (χ0n) is 33.6. The number of ether oxygens (including phenoxy) is 1. The van der Waals surface area contributed by atoms with Crippen LogP contribution in [0.5, 0.6) is 0 Å². The van der Waals surface area contributed by atoms with Crippen LogP contribution in [0, 0.1) is 5.41 Å². The maximum atomic E-state index is 12.7. The summed E-state index contributed by atoms with van der Waals surface area (Å²) in [6.07, 6.45) is -0.421. The molecule has 62 heavy (non-hydrogen) atoms. The number of nitrogens with one attached hydrogen (secondary N) is 3. The number of amides is 2. The Kier molecular flexibility index (Phi) is 17.3. The molecule has 0 bridgehead atoms. The molecule has 3 unspecified atom stereocenters. The van der Waals surface area contributed by atoms with Crippen molar-refractivity contribution in [2.75, 3.05) is 43.5 Å². The van der Waals surface area contributed by atoms with Gasteiger partial charge in [-0.3, -0.25) is 27.7 Å². The van der Waals surface area contributed by atoms with E-state index in [4.69, 9.17) is 19.5 Å². The zero-order valence-corrected chi connectivity index (χ0v) is 37.1. The Morgan fingerprint density at radius 1 is 1.02 bits per heavy atom. The fourth-order valence-electron chi connectivity index (χ4n) is 6.34. The average Bonchev–Trinajstić information content (AvgIpc) is 3.90. The second kappa shape index (κ2) is 21.6. The van der Waals surface area contributed by atoms with Crippen LogP contribution in [0.4, 0.5) is 5.82 Å². The summed E-state index contributed by atoms with van der Waals surface area (Å²) in [5.74, 6) is 0.399. The van der Waals surface area contributed by atoms with E-state index in [0.29, 0.717) is 6.54 Å². The van der Waals surface area contributed by atoms with E-state index in [1.165, 1.54) is 24.8 Å². The van der Waals surface area contributed by atoms with Gasteiger partial charge in [-0.2, -0.15) is 16.1 Å². The molecule has 0 aliphatic carbocycles. The molecule has 24 nitrogen and oxygen atoms in total. The van der Waals surface area contributed by atoms with E-state index in [1.807, 2.05) is 12.1 Å². The van der Waals surface area contributed by atoms with E-state index >= 15 is 0 Å². The third-order valence-corrected chi connectivity index (χ3v) is 13.7. The van der Waals surface area contributed by atoms with Gasteiger partial charge in [-0.1, -0.05) is 38.5 Å². The fraction of sp³-hybridized carbons (Fsp3) is 0.559. The summed E-state index contributed by atoms with van der Waals surface area (Å²) in [6, 6.07) is 8.23. The van der Waals surface area contributed by atoms with E-state index < -0.39 is 78.6 Å². The van der Waals surface area contributed by atoms with Crippen molar-refractivity contribution in [3.63, 3.8) is 0 Å². The van der Waals surface area contributed by atoms with Gasteiger partial charge in [0.15, 0.2) is 17.7 Å². The third-order valence-electron chi connectivity index (χ3n) is 9.56. The van der Waals surface area contributed by atoms with Crippen molar-refractivity contribution in [3.8, 4) is 0 Å². The number of para-hydroxylation sites is 1. The lowest BCUT2D eigenvalue weighted by Crippen LogP contribution is -2.46. The number of fused-ring (bicyclic) bond motifs is 2. The highest BCUT2D eigenvalue weighted by atomic mass is 32.2. The summed E-state index contributed by atoms with van der Waals surface area (Å²) in [4.78, 5) is 79.4. The molecule has 1 aliphatic rings. The van der Waals surface area contributed by atoms with Gasteiger partial charge in [0.2, 0.25) is 11.8 Å². The van der Waals surface area contributed by atoms with E-state index in [9.17, 15) is 53.1 Å². The van der Waals surface area contributed by atoms with Gasteiger partial charge in [-0.15, -0.1) is 0 Å². The number of rotatable bonds is 25. The smallest absolute Gasteiger partial charge is 0.386 e. The Hall–Kier alpha value is -3.35. The molecule has 0 spiro atoms. The molecule has 28 heteroatoms. The number of benzene rings is 1. The summed E-state index contributed by atoms with van der Waals surface area (Å²) < 4.78 is 62.4. The number of anilines is 1.